The van der Waals surface area contributed by atoms with E-state index in [1.807, 2.05) is 25.1 Å². The zero-order chi connectivity index (χ0) is 11.1. The average Bonchev–Trinajstić information content (AvgIpc) is 2.64. The molecule has 0 bridgehead atoms. The van der Waals surface area contributed by atoms with Gasteiger partial charge in [-0.25, -0.2) is 4.98 Å². The van der Waals surface area contributed by atoms with Crippen molar-refractivity contribution in [2.24, 2.45) is 5.73 Å². The maximum absolute atomic E-state index is 6.16. The third-order valence-electron chi connectivity index (χ3n) is 2.59. The highest BCUT2D eigenvalue weighted by molar-refractivity contribution is 7.19. The molecule has 0 aliphatic rings. The van der Waals surface area contributed by atoms with Crippen molar-refractivity contribution in [2.45, 2.75) is 25.8 Å². The third-order valence-corrected chi connectivity index (χ3v) is 4.40. The summed E-state index contributed by atoms with van der Waals surface area (Å²) in [4.78, 5) is 4.53. The molecule has 0 aliphatic carbocycles. The number of hydrogen-bond acceptors (Lipinski definition) is 3. The van der Waals surface area contributed by atoms with E-state index in [0.29, 0.717) is 0 Å². The van der Waals surface area contributed by atoms with Crippen LogP contribution in [0.4, 0.5) is 0 Å². The molecule has 15 heavy (non-hydrogen) atoms. The molecule has 4 heteroatoms. The van der Waals surface area contributed by atoms with Crippen LogP contribution < -0.4 is 5.73 Å². The second-order valence-corrected chi connectivity index (χ2v) is 5.28. The van der Waals surface area contributed by atoms with Crippen LogP contribution >= 0.6 is 22.9 Å². The molecule has 80 valence electrons. The molecule has 0 aliphatic heterocycles. The molecular formula is C11H13ClN2S. The number of halogens is 1. The predicted molar refractivity (Wildman–Crippen MR) is 66.5 cm³/mol. The minimum atomic E-state index is -0.354. The summed E-state index contributed by atoms with van der Waals surface area (Å²) in [5, 5.41) is 1.70. The lowest BCUT2D eigenvalue weighted by Gasteiger charge is -2.18. The first-order valence-electron chi connectivity index (χ1n) is 4.89. The van der Waals surface area contributed by atoms with E-state index >= 15 is 0 Å². The molecule has 1 atom stereocenters. The first-order chi connectivity index (χ1) is 7.04. The van der Waals surface area contributed by atoms with Gasteiger partial charge in [0, 0.05) is 0 Å². The minimum absolute atomic E-state index is 0.354. The summed E-state index contributed by atoms with van der Waals surface area (Å²) in [5.41, 5.74) is 6.74. The Kier molecular flexibility index (Phi) is 2.71. The number of nitrogens with two attached hydrogens (primary N) is 1. The fraction of sp³-hybridized carbons (Fsp3) is 0.364. The molecule has 1 unspecified atom stereocenters. The van der Waals surface area contributed by atoms with Gasteiger partial charge in [-0.3, -0.25) is 0 Å². The summed E-state index contributed by atoms with van der Waals surface area (Å²) in [6, 6.07) is 5.76. The molecule has 0 spiro atoms. The Morgan fingerprint density at radius 2 is 2.27 bits per heavy atom. The van der Waals surface area contributed by atoms with Gasteiger partial charge < -0.3 is 5.73 Å². The van der Waals surface area contributed by atoms with Crippen LogP contribution in [0.15, 0.2) is 18.2 Å². The van der Waals surface area contributed by atoms with Crippen LogP contribution in [0.25, 0.3) is 10.2 Å². The van der Waals surface area contributed by atoms with Gasteiger partial charge in [-0.05, 0) is 25.5 Å². The van der Waals surface area contributed by atoms with Crippen LogP contribution in [0.3, 0.4) is 0 Å². The van der Waals surface area contributed by atoms with Gasteiger partial charge in [-0.1, -0.05) is 24.6 Å². The minimum Gasteiger partial charge on any atom is -0.320 e. The van der Waals surface area contributed by atoms with Gasteiger partial charge in [0.25, 0.3) is 0 Å². The van der Waals surface area contributed by atoms with E-state index in [9.17, 15) is 0 Å². The average molecular weight is 241 g/mol. The smallest absolute Gasteiger partial charge is 0.114 e. The van der Waals surface area contributed by atoms with Crippen LogP contribution in [0.5, 0.6) is 0 Å². The second kappa shape index (κ2) is 3.74. The molecule has 0 saturated carbocycles. The van der Waals surface area contributed by atoms with E-state index in [0.717, 1.165) is 26.7 Å². The van der Waals surface area contributed by atoms with Crippen molar-refractivity contribution in [3.05, 3.63) is 28.2 Å². The highest BCUT2D eigenvalue weighted by Crippen LogP contribution is 2.34. The third kappa shape index (κ3) is 1.87. The van der Waals surface area contributed by atoms with Crippen molar-refractivity contribution < 1.29 is 0 Å². The molecule has 1 aromatic heterocycles. The lowest BCUT2D eigenvalue weighted by molar-refractivity contribution is 0.474. The Morgan fingerprint density at radius 1 is 1.53 bits per heavy atom. The van der Waals surface area contributed by atoms with Crippen molar-refractivity contribution in [3.63, 3.8) is 0 Å². The fourth-order valence-electron chi connectivity index (χ4n) is 1.31. The maximum Gasteiger partial charge on any atom is 0.114 e. The van der Waals surface area contributed by atoms with Gasteiger partial charge in [-0.15, -0.1) is 11.3 Å². The summed E-state index contributed by atoms with van der Waals surface area (Å²) < 4.78 is 1.03. The van der Waals surface area contributed by atoms with Crippen molar-refractivity contribution in [3.8, 4) is 0 Å². The summed E-state index contributed by atoms with van der Waals surface area (Å²) >= 11 is 7.68. The zero-order valence-electron chi connectivity index (χ0n) is 8.75. The molecule has 2 aromatic rings. The first kappa shape index (κ1) is 10.9. The maximum atomic E-state index is 6.16. The molecule has 1 heterocycles. The van der Waals surface area contributed by atoms with Crippen molar-refractivity contribution in [2.75, 3.05) is 0 Å². The van der Waals surface area contributed by atoms with Gasteiger partial charge in [-0.2, -0.15) is 0 Å². The van der Waals surface area contributed by atoms with E-state index in [4.69, 9.17) is 17.3 Å². The van der Waals surface area contributed by atoms with E-state index in [-0.39, 0.29) is 5.54 Å². The van der Waals surface area contributed by atoms with Crippen LogP contribution in [-0.2, 0) is 5.54 Å². The Morgan fingerprint density at radius 3 is 2.87 bits per heavy atom. The van der Waals surface area contributed by atoms with E-state index < -0.39 is 0 Å². The van der Waals surface area contributed by atoms with E-state index in [1.165, 1.54) is 0 Å². The van der Waals surface area contributed by atoms with Gasteiger partial charge in [0.05, 0.1) is 20.8 Å². The molecule has 0 amide bonds. The lowest BCUT2D eigenvalue weighted by atomic mass is 10.0. The number of hydrogen-bond donors (Lipinski definition) is 1. The second-order valence-electron chi connectivity index (χ2n) is 3.88. The van der Waals surface area contributed by atoms with Crippen LogP contribution in [-0.4, -0.2) is 4.98 Å². The van der Waals surface area contributed by atoms with Crippen molar-refractivity contribution in [1.29, 1.82) is 0 Å². The summed E-state index contributed by atoms with van der Waals surface area (Å²) in [5.74, 6) is 0. The Bertz CT molecular complexity index is 490. The molecule has 1 aromatic carbocycles. The standard InChI is InChI=1S/C11H13ClN2S/c1-3-11(2,13)10-14-8-6-4-5-7(12)9(8)15-10/h4-6H,3,13H2,1-2H3. The molecule has 0 saturated heterocycles. The van der Waals surface area contributed by atoms with Gasteiger partial charge in [0.1, 0.15) is 5.01 Å². The SMILES string of the molecule is CCC(C)(N)c1nc2cccc(Cl)c2s1. The van der Waals surface area contributed by atoms with E-state index in [1.54, 1.807) is 11.3 Å². The normalized spacial score (nSPS) is 15.5. The Balaban J connectivity index is 2.62. The van der Waals surface area contributed by atoms with Crippen LogP contribution in [0, 0.1) is 0 Å². The van der Waals surface area contributed by atoms with Crippen molar-refractivity contribution in [1.82, 2.24) is 4.98 Å². The number of rotatable bonds is 2. The summed E-state index contributed by atoms with van der Waals surface area (Å²) in [6.07, 6.45) is 0.866. The number of aromatic nitrogens is 1. The topological polar surface area (TPSA) is 38.9 Å². The molecule has 0 radical (unpaired) electrons. The van der Waals surface area contributed by atoms with Crippen LogP contribution in [0.2, 0.25) is 5.02 Å². The largest absolute Gasteiger partial charge is 0.320 e. The Labute approximate surface area is 98.1 Å². The van der Waals surface area contributed by atoms with Crippen molar-refractivity contribution >= 4 is 33.2 Å². The molecular weight excluding hydrogens is 228 g/mol. The highest BCUT2D eigenvalue weighted by atomic mass is 35.5. The van der Waals surface area contributed by atoms with E-state index in [2.05, 4.69) is 11.9 Å². The number of fused-ring (bicyclic) bond motifs is 1. The zero-order valence-corrected chi connectivity index (χ0v) is 10.3. The molecule has 2 rings (SSSR count). The van der Waals surface area contributed by atoms with Gasteiger partial charge in [0.2, 0.25) is 0 Å². The number of nitrogens with zero attached hydrogens (tertiary/aromatic N) is 1. The van der Waals surface area contributed by atoms with Gasteiger partial charge >= 0.3 is 0 Å². The number of thiazole rings is 1. The molecule has 0 fully saturated rings. The number of benzene rings is 1. The molecule has 2 N–H and O–H groups in total. The predicted octanol–water partition coefficient (Wildman–Crippen LogP) is 3.53. The lowest BCUT2D eigenvalue weighted by Crippen LogP contribution is -2.31. The quantitative estimate of drug-likeness (QED) is 0.872. The van der Waals surface area contributed by atoms with Crippen LogP contribution in [0.1, 0.15) is 25.3 Å². The first-order valence-corrected chi connectivity index (χ1v) is 6.08. The van der Waals surface area contributed by atoms with Gasteiger partial charge in [0.15, 0.2) is 0 Å². The highest BCUT2D eigenvalue weighted by Gasteiger charge is 2.23. The Hall–Kier alpha value is -0.640. The summed E-state index contributed by atoms with van der Waals surface area (Å²) in [6.45, 7) is 4.06. The molecule has 2 nitrogen and oxygen atoms in total. The fourth-order valence-corrected chi connectivity index (χ4v) is 2.69. The monoisotopic (exact) mass is 240 g/mol. The summed E-state index contributed by atoms with van der Waals surface area (Å²) in [7, 11) is 0.